The zero-order valence-electron chi connectivity index (χ0n) is 10.5. The van der Waals surface area contributed by atoms with Gasteiger partial charge in [-0.05, 0) is 25.9 Å². The lowest BCUT2D eigenvalue weighted by molar-refractivity contribution is 0.151. The van der Waals surface area contributed by atoms with Crippen molar-refractivity contribution in [2.45, 2.75) is 26.3 Å². The van der Waals surface area contributed by atoms with E-state index in [4.69, 9.17) is 11.1 Å². The van der Waals surface area contributed by atoms with Crippen LogP contribution in [-0.2, 0) is 13.6 Å². The maximum Gasteiger partial charge on any atom is 0.140 e. The van der Waals surface area contributed by atoms with E-state index in [1.165, 1.54) is 0 Å². The molecule has 0 bridgehead atoms. The Balaban J connectivity index is 1.92. The van der Waals surface area contributed by atoms with Gasteiger partial charge in [0, 0.05) is 12.5 Å². The summed E-state index contributed by atoms with van der Waals surface area (Å²) in [6, 6.07) is 0. The van der Waals surface area contributed by atoms with Gasteiger partial charge in [0.15, 0.2) is 0 Å². The number of likely N-dealkylation sites (tertiary alicyclic amines) is 1. The molecule has 0 radical (unpaired) electrons. The van der Waals surface area contributed by atoms with Crippen molar-refractivity contribution >= 4 is 5.84 Å². The SMILES string of the molecule is Cn1ncnc1CN1CCC(C)(C(=N)N)CC1. The second-order valence-electron chi connectivity index (χ2n) is 5.05. The minimum absolute atomic E-state index is 0.115. The Labute approximate surface area is 101 Å². The summed E-state index contributed by atoms with van der Waals surface area (Å²) >= 11 is 0. The summed E-state index contributed by atoms with van der Waals surface area (Å²) in [5, 5.41) is 11.7. The van der Waals surface area contributed by atoms with Crippen molar-refractivity contribution in [3.05, 3.63) is 12.2 Å². The predicted molar refractivity (Wildman–Crippen MR) is 65.5 cm³/mol. The van der Waals surface area contributed by atoms with Gasteiger partial charge in [0.05, 0.1) is 12.4 Å². The average molecular weight is 236 g/mol. The van der Waals surface area contributed by atoms with E-state index in [1.54, 1.807) is 11.0 Å². The van der Waals surface area contributed by atoms with Crippen molar-refractivity contribution in [2.75, 3.05) is 13.1 Å². The summed E-state index contributed by atoms with van der Waals surface area (Å²) in [5.74, 6) is 1.30. The number of piperidine rings is 1. The van der Waals surface area contributed by atoms with Crippen molar-refractivity contribution < 1.29 is 0 Å². The summed E-state index contributed by atoms with van der Waals surface area (Å²) < 4.78 is 1.80. The van der Waals surface area contributed by atoms with Crippen LogP contribution in [0.25, 0.3) is 0 Å². The summed E-state index contributed by atoms with van der Waals surface area (Å²) in [6.07, 6.45) is 3.47. The van der Waals surface area contributed by atoms with Crippen LogP contribution in [0.3, 0.4) is 0 Å². The molecule has 0 amide bonds. The maximum atomic E-state index is 7.61. The summed E-state index contributed by atoms with van der Waals surface area (Å²) in [7, 11) is 1.91. The van der Waals surface area contributed by atoms with E-state index in [2.05, 4.69) is 21.9 Å². The number of nitrogens with one attached hydrogen (secondary N) is 1. The fourth-order valence-corrected chi connectivity index (χ4v) is 2.14. The molecule has 94 valence electrons. The fraction of sp³-hybridized carbons (Fsp3) is 0.727. The third-order valence-electron chi connectivity index (χ3n) is 3.78. The molecule has 0 saturated carbocycles. The van der Waals surface area contributed by atoms with Gasteiger partial charge < -0.3 is 5.73 Å². The van der Waals surface area contributed by atoms with E-state index >= 15 is 0 Å². The summed E-state index contributed by atoms with van der Waals surface area (Å²) in [5.41, 5.74) is 5.53. The smallest absolute Gasteiger partial charge is 0.140 e. The van der Waals surface area contributed by atoms with Crippen LogP contribution in [0, 0.1) is 10.8 Å². The Hall–Kier alpha value is -1.43. The quantitative estimate of drug-likeness (QED) is 0.586. The van der Waals surface area contributed by atoms with Crippen LogP contribution in [0.4, 0.5) is 0 Å². The van der Waals surface area contributed by atoms with Crippen molar-refractivity contribution in [3.8, 4) is 0 Å². The molecule has 0 spiro atoms. The molecule has 0 unspecified atom stereocenters. The number of amidine groups is 1. The molecular formula is C11H20N6. The first kappa shape index (κ1) is 12.0. The van der Waals surface area contributed by atoms with Crippen LogP contribution in [0.2, 0.25) is 0 Å². The molecule has 1 fully saturated rings. The van der Waals surface area contributed by atoms with Crippen LogP contribution in [-0.4, -0.2) is 38.6 Å². The molecule has 1 saturated heterocycles. The molecule has 2 rings (SSSR count). The molecule has 3 N–H and O–H groups in total. The predicted octanol–water partition coefficient (Wildman–Crippen LogP) is 0.353. The topological polar surface area (TPSA) is 83.8 Å². The van der Waals surface area contributed by atoms with E-state index in [9.17, 15) is 0 Å². The zero-order chi connectivity index (χ0) is 12.5. The Kier molecular flexibility index (Phi) is 3.15. The third kappa shape index (κ3) is 2.46. The standard InChI is InChI=1S/C11H20N6/c1-11(10(12)13)3-5-17(6-4-11)7-9-14-8-15-16(9)2/h8H,3-7H2,1-2H3,(H3,12,13). The second kappa shape index (κ2) is 4.44. The van der Waals surface area contributed by atoms with Crippen LogP contribution in [0.15, 0.2) is 6.33 Å². The van der Waals surface area contributed by atoms with Gasteiger partial charge in [-0.1, -0.05) is 6.92 Å². The highest BCUT2D eigenvalue weighted by Crippen LogP contribution is 2.30. The number of hydrogen-bond donors (Lipinski definition) is 2. The van der Waals surface area contributed by atoms with Crippen molar-refractivity contribution in [1.29, 1.82) is 5.41 Å². The van der Waals surface area contributed by atoms with Gasteiger partial charge in [0.2, 0.25) is 0 Å². The highest BCUT2D eigenvalue weighted by atomic mass is 15.3. The van der Waals surface area contributed by atoms with Gasteiger partial charge in [-0.25, -0.2) is 4.98 Å². The van der Waals surface area contributed by atoms with Crippen molar-refractivity contribution in [2.24, 2.45) is 18.2 Å². The molecule has 1 aromatic rings. The number of hydrogen-bond acceptors (Lipinski definition) is 4. The van der Waals surface area contributed by atoms with E-state index < -0.39 is 0 Å². The molecule has 1 aliphatic heterocycles. The first-order valence-electron chi connectivity index (χ1n) is 5.91. The van der Waals surface area contributed by atoms with Crippen LogP contribution >= 0.6 is 0 Å². The minimum atomic E-state index is -0.115. The number of aryl methyl sites for hydroxylation is 1. The van der Waals surface area contributed by atoms with Gasteiger partial charge in [-0.2, -0.15) is 5.10 Å². The third-order valence-corrected chi connectivity index (χ3v) is 3.78. The lowest BCUT2D eigenvalue weighted by Gasteiger charge is -2.38. The van der Waals surface area contributed by atoms with Crippen LogP contribution in [0.5, 0.6) is 0 Å². The fourth-order valence-electron chi connectivity index (χ4n) is 2.14. The number of nitrogens with two attached hydrogens (primary N) is 1. The Morgan fingerprint density at radius 2 is 2.18 bits per heavy atom. The summed E-state index contributed by atoms with van der Waals surface area (Å²) in [6.45, 7) is 4.82. The van der Waals surface area contributed by atoms with Gasteiger partial charge in [0.1, 0.15) is 12.2 Å². The minimum Gasteiger partial charge on any atom is -0.387 e. The highest BCUT2D eigenvalue weighted by molar-refractivity contribution is 5.83. The van der Waals surface area contributed by atoms with Crippen LogP contribution < -0.4 is 5.73 Å². The molecule has 6 heteroatoms. The summed E-state index contributed by atoms with van der Waals surface area (Å²) in [4.78, 5) is 6.57. The van der Waals surface area contributed by atoms with Crippen molar-refractivity contribution in [1.82, 2.24) is 19.7 Å². The number of rotatable bonds is 3. The zero-order valence-corrected chi connectivity index (χ0v) is 10.5. The first-order chi connectivity index (χ1) is 8.01. The largest absolute Gasteiger partial charge is 0.387 e. The molecule has 0 aliphatic carbocycles. The molecule has 1 aromatic heterocycles. The normalized spacial score (nSPS) is 20.4. The molecule has 0 atom stereocenters. The first-order valence-corrected chi connectivity index (χ1v) is 5.91. The number of nitrogens with zero attached hydrogens (tertiary/aromatic N) is 4. The Morgan fingerprint density at radius 3 is 2.65 bits per heavy atom. The highest BCUT2D eigenvalue weighted by Gasteiger charge is 2.32. The molecule has 6 nitrogen and oxygen atoms in total. The number of aromatic nitrogens is 3. The molecule has 2 heterocycles. The van der Waals surface area contributed by atoms with Gasteiger partial charge in [-0.3, -0.25) is 15.0 Å². The average Bonchev–Trinajstić information content (AvgIpc) is 2.68. The monoisotopic (exact) mass is 236 g/mol. The second-order valence-corrected chi connectivity index (χ2v) is 5.05. The molecule has 17 heavy (non-hydrogen) atoms. The Morgan fingerprint density at radius 1 is 1.53 bits per heavy atom. The van der Waals surface area contributed by atoms with Gasteiger partial charge in [0.25, 0.3) is 0 Å². The molecule has 0 aromatic carbocycles. The maximum absolute atomic E-state index is 7.61. The van der Waals surface area contributed by atoms with Gasteiger partial charge in [-0.15, -0.1) is 0 Å². The van der Waals surface area contributed by atoms with E-state index in [1.807, 2.05) is 7.05 Å². The van der Waals surface area contributed by atoms with Crippen molar-refractivity contribution in [3.63, 3.8) is 0 Å². The Bertz CT molecular complexity index is 402. The van der Waals surface area contributed by atoms with E-state index in [-0.39, 0.29) is 5.41 Å². The lowest BCUT2D eigenvalue weighted by Crippen LogP contribution is -2.45. The molecule has 1 aliphatic rings. The van der Waals surface area contributed by atoms with Crippen LogP contribution in [0.1, 0.15) is 25.6 Å². The van der Waals surface area contributed by atoms with Gasteiger partial charge >= 0.3 is 0 Å². The lowest BCUT2D eigenvalue weighted by atomic mass is 9.79. The van der Waals surface area contributed by atoms with E-state index in [0.29, 0.717) is 5.84 Å². The molecular weight excluding hydrogens is 216 g/mol. The van der Waals surface area contributed by atoms with E-state index in [0.717, 1.165) is 38.3 Å².